The van der Waals surface area contributed by atoms with Gasteiger partial charge in [-0.05, 0) is 11.8 Å². The molecule has 0 rings (SSSR count). The van der Waals surface area contributed by atoms with Gasteiger partial charge in [0.1, 0.15) is 0 Å². The van der Waals surface area contributed by atoms with Crippen molar-refractivity contribution in [3.8, 4) is 0 Å². The van der Waals surface area contributed by atoms with E-state index in [1.54, 1.807) is 0 Å². The predicted molar refractivity (Wildman–Crippen MR) is 53.6 cm³/mol. The van der Waals surface area contributed by atoms with Gasteiger partial charge in [-0.25, -0.2) is 0 Å². The predicted octanol–water partition coefficient (Wildman–Crippen LogP) is 3.26. The highest BCUT2D eigenvalue weighted by molar-refractivity contribution is 6.28. The lowest BCUT2D eigenvalue weighted by molar-refractivity contribution is -0.125. The Kier molecular flexibility index (Phi) is 3.77. The van der Waals surface area contributed by atoms with Gasteiger partial charge in [0, 0.05) is 5.41 Å². The van der Waals surface area contributed by atoms with Crippen molar-refractivity contribution in [2.45, 2.75) is 41.0 Å². The van der Waals surface area contributed by atoms with Crippen LogP contribution in [0, 0.1) is 10.8 Å². The number of carbonyl (C=O) groups is 1. The van der Waals surface area contributed by atoms with E-state index in [0.717, 1.165) is 6.42 Å². The molecule has 1 nitrogen and oxygen atoms in total. The smallest absolute Gasteiger partial charge is 0.153 e. The molecule has 0 saturated carbocycles. The van der Waals surface area contributed by atoms with E-state index < -0.39 is 0 Å². The zero-order valence-corrected chi connectivity index (χ0v) is 9.46. The number of Topliss-reactive ketones (excluding diaryl/α,β-unsaturated/α-hetero) is 1. The molecule has 0 aliphatic rings. The molecule has 0 amide bonds. The van der Waals surface area contributed by atoms with Gasteiger partial charge in [-0.15, -0.1) is 11.6 Å². The molecule has 0 N–H and O–H groups in total. The third-order valence-corrected chi connectivity index (χ3v) is 2.09. The zero-order valence-electron chi connectivity index (χ0n) is 8.70. The largest absolute Gasteiger partial charge is 0.298 e. The molecule has 0 radical (unpaired) electrons. The van der Waals surface area contributed by atoms with E-state index in [-0.39, 0.29) is 22.5 Å². The highest BCUT2D eigenvalue weighted by Gasteiger charge is 2.31. The van der Waals surface area contributed by atoms with Crippen LogP contribution in [-0.2, 0) is 4.79 Å². The van der Waals surface area contributed by atoms with Crippen molar-refractivity contribution < 1.29 is 4.79 Å². The summed E-state index contributed by atoms with van der Waals surface area (Å²) in [5.41, 5.74) is -0.0920. The van der Waals surface area contributed by atoms with Crippen molar-refractivity contribution in [2.24, 2.45) is 10.8 Å². The minimum Gasteiger partial charge on any atom is -0.298 e. The van der Waals surface area contributed by atoms with Crippen molar-refractivity contribution in [1.29, 1.82) is 0 Å². The fourth-order valence-electron chi connectivity index (χ4n) is 1.61. The van der Waals surface area contributed by atoms with Gasteiger partial charge in [-0.3, -0.25) is 4.79 Å². The number of ketones is 1. The first-order valence-corrected chi connectivity index (χ1v) is 4.82. The fraction of sp³-hybridized carbons (Fsp3) is 0.900. The molecule has 0 fully saturated rings. The molecule has 0 heterocycles. The van der Waals surface area contributed by atoms with Crippen LogP contribution in [0.5, 0.6) is 0 Å². The summed E-state index contributed by atoms with van der Waals surface area (Å²) < 4.78 is 0. The zero-order chi connectivity index (χ0) is 9.99. The van der Waals surface area contributed by atoms with Gasteiger partial charge in [0.25, 0.3) is 0 Å². The number of alkyl halides is 1. The van der Waals surface area contributed by atoms with Gasteiger partial charge in [0.15, 0.2) is 5.78 Å². The van der Waals surface area contributed by atoms with Gasteiger partial charge in [0.2, 0.25) is 0 Å². The molecule has 0 unspecified atom stereocenters. The van der Waals surface area contributed by atoms with Crippen LogP contribution in [0.1, 0.15) is 41.0 Å². The van der Waals surface area contributed by atoms with E-state index in [4.69, 9.17) is 11.6 Å². The summed E-state index contributed by atoms with van der Waals surface area (Å²) in [5.74, 6) is 0.266. The van der Waals surface area contributed by atoms with E-state index in [0.29, 0.717) is 0 Å². The molecule has 0 bridgehead atoms. The molecule has 0 aromatic carbocycles. The Morgan fingerprint density at radius 2 is 1.58 bits per heavy atom. The Labute approximate surface area is 80.5 Å². The van der Waals surface area contributed by atoms with Crippen LogP contribution in [-0.4, -0.2) is 11.7 Å². The summed E-state index contributed by atoms with van der Waals surface area (Å²) in [6, 6.07) is 0. The van der Waals surface area contributed by atoms with Crippen LogP contribution in [0.15, 0.2) is 0 Å². The highest BCUT2D eigenvalue weighted by Crippen LogP contribution is 2.33. The second-order valence-electron chi connectivity index (χ2n) is 5.18. The number of carbonyl (C=O) groups excluding carboxylic acids is 1. The third-order valence-electron chi connectivity index (χ3n) is 1.85. The van der Waals surface area contributed by atoms with Gasteiger partial charge in [-0.1, -0.05) is 34.6 Å². The molecule has 2 heteroatoms. The monoisotopic (exact) mass is 190 g/mol. The van der Waals surface area contributed by atoms with Crippen molar-refractivity contribution in [3.63, 3.8) is 0 Å². The van der Waals surface area contributed by atoms with Crippen LogP contribution >= 0.6 is 11.6 Å². The Balaban J connectivity index is 4.32. The normalized spacial score (nSPS) is 13.2. The molecule has 0 aromatic rings. The molecule has 0 aliphatic carbocycles. The van der Waals surface area contributed by atoms with Crippen molar-refractivity contribution in [3.05, 3.63) is 0 Å². The second-order valence-corrected chi connectivity index (χ2v) is 5.45. The van der Waals surface area contributed by atoms with Gasteiger partial charge >= 0.3 is 0 Å². The van der Waals surface area contributed by atoms with Gasteiger partial charge in [-0.2, -0.15) is 0 Å². The summed E-state index contributed by atoms with van der Waals surface area (Å²) in [6.07, 6.45) is 0.881. The number of hydrogen-bond donors (Lipinski definition) is 0. The maximum Gasteiger partial charge on any atom is 0.153 e. The standard InChI is InChI=1S/C10H19ClO/c1-9(2,3)7-10(4,5)8(12)6-11/h6-7H2,1-5H3. The Morgan fingerprint density at radius 1 is 1.17 bits per heavy atom. The molecular weight excluding hydrogens is 172 g/mol. The fourth-order valence-corrected chi connectivity index (χ4v) is 1.97. The Morgan fingerprint density at radius 3 is 1.83 bits per heavy atom. The van der Waals surface area contributed by atoms with Crippen LogP contribution in [0.2, 0.25) is 0 Å². The quantitative estimate of drug-likeness (QED) is 0.625. The first-order chi connectivity index (χ1) is 5.19. The maximum atomic E-state index is 11.4. The minimum absolute atomic E-state index is 0.128. The minimum atomic E-state index is -0.278. The van der Waals surface area contributed by atoms with E-state index in [1.165, 1.54) is 0 Å². The lowest BCUT2D eigenvalue weighted by Gasteiger charge is -2.30. The second kappa shape index (κ2) is 3.78. The molecule has 72 valence electrons. The number of hydrogen-bond acceptors (Lipinski definition) is 1. The van der Waals surface area contributed by atoms with Gasteiger partial charge < -0.3 is 0 Å². The molecule has 0 aliphatic heterocycles. The summed E-state index contributed by atoms with van der Waals surface area (Å²) in [6.45, 7) is 10.3. The van der Waals surface area contributed by atoms with Crippen LogP contribution in [0.25, 0.3) is 0 Å². The van der Waals surface area contributed by atoms with Crippen molar-refractivity contribution >= 4 is 17.4 Å². The molecular formula is C10H19ClO. The average Bonchev–Trinajstić information content (AvgIpc) is 1.80. The van der Waals surface area contributed by atoms with E-state index >= 15 is 0 Å². The molecule has 12 heavy (non-hydrogen) atoms. The summed E-state index contributed by atoms with van der Waals surface area (Å²) in [5, 5.41) is 0. The Bertz CT molecular complexity index is 165. The molecule has 0 atom stereocenters. The Hall–Kier alpha value is -0.0400. The SMILES string of the molecule is CC(C)(C)CC(C)(C)C(=O)CCl. The third kappa shape index (κ3) is 4.10. The van der Waals surface area contributed by atoms with E-state index in [9.17, 15) is 4.79 Å². The molecule has 0 saturated heterocycles. The van der Waals surface area contributed by atoms with Crippen LogP contribution < -0.4 is 0 Å². The molecule has 0 spiro atoms. The van der Waals surface area contributed by atoms with Crippen LogP contribution in [0.4, 0.5) is 0 Å². The average molecular weight is 191 g/mol. The van der Waals surface area contributed by atoms with Crippen molar-refractivity contribution in [1.82, 2.24) is 0 Å². The first kappa shape index (κ1) is 12.0. The number of rotatable bonds is 3. The van der Waals surface area contributed by atoms with E-state index in [1.807, 2.05) is 13.8 Å². The maximum absolute atomic E-state index is 11.4. The lowest BCUT2D eigenvalue weighted by Crippen LogP contribution is -2.30. The molecule has 0 aromatic heterocycles. The first-order valence-electron chi connectivity index (χ1n) is 4.28. The van der Waals surface area contributed by atoms with E-state index in [2.05, 4.69) is 20.8 Å². The van der Waals surface area contributed by atoms with Crippen molar-refractivity contribution in [2.75, 3.05) is 5.88 Å². The lowest BCUT2D eigenvalue weighted by atomic mass is 9.74. The summed E-state index contributed by atoms with van der Waals surface area (Å²) in [4.78, 5) is 11.4. The topological polar surface area (TPSA) is 17.1 Å². The summed E-state index contributed by atoms with van der Waals surface area (Å²) in [7, 11) is 0. The van der Waals surface area contributed by atoms with Gasteiger partial charge in [0.05, 0.1) is 5.88 Å². The summed E-state index contributed by atoms with van der Waals surface area (Å²) >= 11 is 5.52. The highest BCUT2D eigenvalue weighted by atomic mass is 35.5. The number of halogens is 1. The van der Waals surface area contributed by atoms with Crippen LogP contribution in [0.3, 0.4) is 0 Å².